The van der Waals surface area contributed by atoms with Crippen molar-refractivity contribution < 1.29 is 9.90 Å². The molecule has 0 amide bonds. The third-order valence-corrected chi connectivity index (χ3v) is 3.38. The average molecular weight is 273 g/mol. The number of benzene rings is 1. The van der Waals surface area contributed by atoms with Crippen LogP contribution in [-0.2, 0) is 13.6 Å². The van der Waals surface area contributed by atoms with Gasteiger partial charge in [-0.3, -0.25) is 4.68 Å². The van der Waals surface area contributed by atoms with E-state index in [-0.39, 0.29) is 5.56 Å². The first-order chi connectivity index (χ1) is 9.52. The third-order valence-electron chi connectivity index (χ3n) is 3.38. The normalized spacial score (nSPS) is 10.6. The van der Waals surface area contributed by atoms with E-state index >= 15 is 0 Å². The van der Waals surface area contributed by atoms with Crippen LogP contribution >= 0.6 is 0 Å². The summed E-state index contributed by atoms with van der Waals surface area (Å²) in [6.07, 6.45) is 1.40. The average Bonchev–Trinajstić information content (AvgIpc) is 2.77. The van der Waals surface area contributed by atoms with Gasteiger partial charge in [0.15, 0.2) is 0 Å². The molecule has 2 rings (SSSR count). The summed E-state index contributed by atoms with van der Waals surface area (Å²) in [7, 11) is 1.77. The van der Waals surface area contributed by atoms with Gasteiger partial charge in [0.25, 0.3) is 0 Å². The molecule has 0 bridgehead atoms. The summed E-state index contributed by atoms with van der Waals surface area (Å²) in [4.78, 5) is 13.4. The quantitative estimate of drug-likeness (QED) is 0.909. The number of hydrogen-bond donors (Lipinski definition) is 1. The van der Waals surface area contributed by atoms with Crippen molar-refractivity contribution in [3.8, 4) is 0 Å². The summed E-state index contributed by atoms with van der Waals surface area (Å²) in [6.45, 7) is 5.43. The number of anilines is 1. The van der Waals surface area contributed by atoms with Gasteiger partial charge in [0.05, 0.1) is 18.4 Å². The standard InChI is InChI=1S/C15H19N3O2/c1-4-18(12-7-5-6-11(2)8-12)10-14-13(15(19)20)9-16-17(14)3/h5-9H,4,10H2,1-3H3,(H,19,20). The first-order valence-electron chi connectivity index (χ1n) is 6.58. The Kier molecular flexibility index (Phi) is 4.08. The fraction of sp³-hybridized carbons (Fsp3) is 0.333. The highest BCUT2D eigenvalue weighted by atomic mass is 16.4. The van der Waals surface area contributed by atoms with Crippen molar-refractivity contribution >= 4 is 11.7 Å². The maximum absolute atomic E-state index is 11.2. The highest BCUT2D eigenvalue weighted by molar-refractivity contribution is 5.88. The molecule has 0 atom stereocenters. The molecule has 2 aromatic rings. The van der Waals surface area contributed by atoms with Crippen LogP contribution in [-0.4, -0.2) is 27.4 Å². The second kappa shape index (κ2) is 5.77. The summed E-state index contributed by atoms with van der Waals surface area (Å²) in [6, 6.07) is 8.19. The fourth-order valence-corrected chi connectivity index (χ4v) is 2.22. The van der Waals surface area contributed by atoms with Crippen LogP contribution in [0.5, 0.6) is 0 Å². The molecule has 1 aromatic heterocycles. The molecule has 0 saturated carbocycles. The number of rotatable bonds is 5. The van der Waals surface area contributed by atoms with Crippen LogP contribution in [0.25, 0.3) is 0 Å². The van der Waals surface area contributed by atoms with Crippen molar-refractivity contribution in [2.24, 2.45) is 7.05 Å². The Morgan fingerprint density at radius 2 is 2.20 bits per heavy atom. The van der Waals surface area contributed by atoms with Gasteiger partial charge in [-0.15, -0.1) is 0 Å². The van der Waals surface area contributed by atoms with Crippen molar-refractivity contribution in [1.82, 2.24) is 9.78 Å². The molecule has 0 saturated heterocycles. The van der Waals surface area contributed by atoms with Crippen LogP contribution in [0.2, 0.25) is 0 Å². The zero-order valence-corrected chi connectivity index (χ0v) is 12.0. The molecule has 1 N–H and O–H groups in total. The first-order valence-corrected chi connectivity index (χ1v) is 6.58. The molecule has 0 fully saturated rings. The first kappa shape index (κ1) is 14.1. The van der Waals surface area contributed by atoms with Gasteiger partial charge in [0, 0.05) is 19.3 Å². The van der Waals surface area contributed by atoms with Gasteiger partial charge in [0.1, 0.15) is 5.56 Å². The van der Waals surface area contributed by atoms with Crippen LogP contribution in [0.1, 0.15) is 28.5 Å². The van der Waals surface area contributed by atoms with E-state index in [1.807, 2.05) is 25.1 Å². The molecule has 0 radical (unpaired) electrons. The van der Waals surface area contributed by atoms with Gasteiger partial charge in [-0.05, 0) is 31.5 Å². The topological polar surface area (TPSA) is 58.4 Å². The maximum atomic E-state index is 11.2. The lowest BCUT2D eigenvalue weighted by atomic mass is 10.2. The number of nitrogens with zero attached hydrogens (tertiary/aromatic N) is 3. The summed E-state index contributed by atoms with van der Waals surface area (Å²) in [5, 5.41) is 13.3. The lowest BCUT2D eigenvalue weighted by molar-refractivity contribution is 0.0695. The second-order valence-corrected chi connectivity index (χ2v) is 4.79. The van der Waals surface area contributed by atoms with Crippen molar-refractivity contribution in [2.45, 2.75) is 20.4 Å². The zero-order valence-electron chi connectivity index (χ0n) is 12.0. The molecule has 106 valence electrons. The van der Waals surface area contributed by atoms with Crippen LogP contribution in [0.3, 0.4) is 0 Å². The SMILES string of the molecule is CCN(Cc1c(C(=O)O)cnn1C)c1cccc(C)c1. The Hall–Kier alpha value is -2.30. The molecule has 0 aliphatic heterocycles. The number of carboxylic acid groups (broad SMARTS) is 1. The smallest absolute Gasteiger partial charge is 0.339 e. The van der Waals surface area contributed by atoms with Crippen LogP contribution in [0.15, 0.2) is 30.5 Å². The number of aromatic carboxylic acids is 1. The summed E-state index contributed by atoms with van der Waals surface area (Å²) in [5.74, 6) is -0.937. The molecule has 1 aromatic carbocycles. The molecule has 5 heteroatoms. The van der Waals surface area contributed by atoms with Crippen molar-refractivity contribution in [2.75, 3.05) is 11.4 Å². The van der Waals surface area contributed by atoms with E-state index in [4.69, 9.17) is 0 Å². The van der Waals surface area contributed by atoms with E-state index in [1.54, 1.807) is 11.7 Å². The van der Waals surface area contributed by atoms with Crippen LogP contribution < -0.4 is 4.90 Å². The van der Waals surface area contributed by atoms with Crippen LogP contribution in [0, 0.1) is 6.92 Å². The molecule has 0 aliphatic rings. The van der Waals surface area contributed by atoms with E-state index in [0.717, 1.165) is 12.2 Å². The van der Waals surface area contributed by atoms with E-state index < -0.39 is 5.97 Å². The van der Waals surface area contributed by atoms with Gasteiger partial charge in [0.2, 0.25) is 0 Å². The molecular weight excluding hydrogens is 254 g/mol. The molecule has 0 aliphatic carbocycles. The molecule has 20 heavy (non-hydrogen) atoms. The van der Waals surface area contributed by atoms with Crippen LogP contribution in [0.4, 0.5) is 5.69 Å². The summed E-state index contributed by atoms with van der Waals surface area (Å²) >= 11 is 0. The monoisotopic (exact) mass is 273 g/mol. The highest BCUT2D eigenvalue weighted by Crippen LogP contribution is 2.19. The number of hydrogen-bond acceptors (Lipinski definition) is 3. The van der Waals surface area contributed by atoms with Gasteiger partial charge in [-0.2, -0.15) is 5.10 Å². The Balaban J connectivity index is 2.31. The Labute approximate surface area is 118 Å². The fourth-order valence-electron chi connectivity index (χ4n) is 2.22. The van der Waals surface area contributed by atoms with E-state index in [1.165, 1.54) is 11.8 Å². The molecule has 0 spiro atoms. The van der Waals surface area contributed by atoms with Crippen molar-refractivity contribution in [1.29, 1.82) is 0 Å². The molecular formula is C15H19N3O2. The maximum Gasteiger partial charge on any atom is 0.339 e. The Bertz CT molecular complexity index is 619. The molecule has 1 heterocycles. The summed E-state index contributed by atoms with van der Waals surface area (Å²) < 4.78 is 1.63. The minimum absolute atomic E-state index is 0.263. The van der Waals surface area contributed by atoms with Crippen molar-refractivity contribution in [3.05, 3.63) is 47.3 Å². The van der Waals surface area contributed by atoms with Crippen molar-refractivity contribution in [3.63, 3.8) is 0 Å². The molecule has 0 unspecified atom stereocenters. The highest BCUT2D eigenvalue weighted by Gasteiger charge is 2.17. The minimum atomic E-state index is -0.937. The molecule has 5 nitrogen and oxygen atoms in total. The number of carboxylic acids is 1. The predicted molar refractivity (Wildman–Crippen MR) is 78.1 cm³/mol. The third kappa shape index (κ3) is 2.82. The van der Waals surface area contributed by atoms with Gasteiger partial charge in [-0.25, -0.2) is 4.79 Å². The van der Waals surface area contributed by atoms with E-state index in [0.29, 0.717) is 12.2 Å². The van der Waals surface area contributed by atoms with E-state index in [9.17, 15) is 9.90 Å². The van der Waals surface area contributed by atoms with E-state index in [2.05, 4.69) is 23.0 Å². The lowest BCUT2D eigenvalue weighted by Gasteiger charge is -2.24. The largest absolute Gasteiger partial charge is 0.478 e. The number of aryl methyl sites for hydroxylation is 2. The summed E-state index contributed by atoms with van der Waals surface area (Å²) in [5.41, 5.74) is 3.24. The second-order valence-electron chi connectivity index (χ2n) is 4.79. The number of carbonyl (C=O) groups is 1. The van der Waals surface area contributed by atoms with Gasteiger partial charge >= 0.3 is 5.97 Å². The minimum Gasteiger partial charge on any atom is -0.478 e. The zero-order chi connectivity index (χ0) is 14.7. The van der Waals surface area contributed by atoms with Gasteiger partial charge < -0.3 is 10.0 Å². The Morgan fingerprint density at radius 3 is 2.80 bits per heavy atom. The van der Waals surface area contributed by atoms with Gasteiger partial charge in [-0.1, -0.05) is 12.1 Å². The number of aromatic nitrogens is 2. The lowest BCUT2D eigenvalue weighted by Crippen LogP contribution is -2.24. The Morgan fingerprint density at radius 1 is 1.45 bits per heavy atom. The predicted octanol–water partition coefficient (Wildman–Crippen LogP) is 2.45.